The first-order valence-corrected chi connectivity index (χ1v) is 6.17. The van der Waals surface area contributed by atoms with Crippen molar-refractivity contribution in [2.24, 2.45) is 0 Å². The highest BCUT2D eigenvalue weighted by Gasteiger charge is 2.12. The van der Waals surface area contributed by atoms with E-state index in [1.807, 2.05) is 6.92 Å². The van der Waals surface area contributed by atoms with Crippen LogP contribution in [0.25, 0.3) is 0 Å². The van der Waals surface area contributed by atoms with Crippen molar-refractivity contribution in [2.45, 2.75) is 13.3 Å². The van der Waals surface area contributed by atoms with Gasteiger partial charge >= 0.3 is 0 Å². The molecule has 100 valence electrons. The number of halogens is 1. The summed E-state index contributed by atoms with van der Waals surface area (Å²) in [5.41, 5.74) is 0.502. The molecule has 6 nitrogen and oxygen atoms in total. The minimum atomic E-state index is -0.402. The Hall–Kier alpha value is -2.08. The molecule has 7 heteroatoms. The van der Waals surface area contributed by atoms with Crippen LogP contribution >= 0.6 is 11.6 Å². The Kier molecular flexibility index (Phi) is 4.35. The average molecular weight is 281 g/mol. The van der Waals surface area contributed by atoms with Gasteiger partial charge in [0.05, 0.1) is 12.3 Å². The molecule has 0 radical (unpaired) electrons. The van der Waals surface area contributed by atoms with Crippen LogP contribution in [0, 0.1) is 0 Å². The third kappa shape index (κ3) is 3.45. The highest BCUT2D eigenvalue weighted by molar-refractivity contribution is 6.31. The molecule has 0 spiro atoms. The van der Waals surface area contributed by atoms with Gasteiger partial charge in [-0.05, 0) is 24.6 Å². The lowest BCUT2D eigenvalue weighted by Crippen LogP contribution is -2.14. The van der Waals surface area contributed by atoms with E-state index in [1.165, 1.54) is 6.33 Å². The molecule has 0 unspecified atom stereocenters. The number of anilines is 1. The van der Waals surface area contributed by atoms with Crippen LogP contribution in [-0.2, 0) is 0 Å². The van der Waals surface area contributed by atoms with Gasteiger partial charge in [0.15, 0.2) is 0 Å². The van der Waals surface area contributed by atoms with Gasteiger partial charge in [-0.15, -0.1) is 0 Å². The molecule has 2 aromatic rings. The second-order valence-corrected chi connectivity index (χ2v) is 4.21. The Balaban J connectivity index is 2.18. The Morgan fingerprint density at radius 3 is 3.05 bits per heavy atom. The number of carbonyl (C=O) groups is 1. The van der Waals surface area contributed by atoms with Gasteiger partial charge < -0.3 is 10.1 Å². The maximum atomic E-state index is 11.9. The zero-order chi connectivity index (χ0) is 13.7. The maximum absolute atomic E-state index is 11.9. The smallest absolute Gasteiger partial charge is 0.293 e. The molecule has 0 aliphatic rings. The molecule has 0 saturated carbocycles. The number of carbonyl (C=O) groups excluding carboxylic acids is 1. The molecule has 1 aromatic heterocycles. The number of hydrogen-bond donors (Lipinski definition) is 2. The molecule has 0 aliphatic carbocycles. The second-order valence-electron chi connectivity index (χ2n) is 3.78. The van der Waals surface area contributed by atoms with Crippen molar-refractivity contribution < 1.29 is 9.53 Å². The molecule has 0 atom stereocenters. The molecule has 19 heavy (non-hydrogen) atoms. The molecule has 1 heterocycles. The summed E-state index contributed by atoms with van der Waals surface area (Å²) in [5.74, 6) is 0.293. The van der Waals surface area contributed by atoms with Gasteiger partial charge in [0.1, 0.15) is 12.1 Å². The molecule has 0 saturated heterocycles. The highest BCUT2D eigenvalue weighted by Crippen LogP contribution is 2.28. The number of ether oxygens (including phenoxy) is 1. The van der Waals surface area contributed by atoms with E-state index in [0.29, 0.717) is 23.1 Å². The van der Waals surface area contributed by atoms with E-state index >= 15 is 0 Å². The Morgan fingerprint density at radius 2 is 2.37 bits per heavy atom. The summed E-state index contributed by atoms with van der Waals surface area (Å²) in [5, 5.41) is 9.30. The third-order valence-corrected chi connectivity index (χ3v) is 2.52. The van der Waals surface area contributed by atoms with Crippen molar-refractivity contribution in [2.75, 3.05) is 11.9 Å². The maximum Gasteiger partial charge on any atom is 0.293 e. The molecule has 1 aromatic carbocycles. The van der Waals surface area contributed by atoms with Gasteiger partial charge in [0, 0.05) is 5.02 Å². The zero-order valence-corrected chi connectivity index (χ0v) is 11.1. The van der Waals surface area contributed by atoms with E-state index in [1.54, 1.807) is 18.2 Å². The molecular formula is C12H13ClN4O2. The van der Waals surface area contributed by atoms with Gasteiger partial charge in [-0.2, -0.15) is 5.10 Å². The third-order valence-electron chi connectivity index (χ3n) is 2.28. The lowest BCUT2D eigenvalue weighted by atomic mass is 10.3. The van der Waals surface area contributed by atoms with E-state index < -0.39 is 5.91 Å². The molecule has 0 bridgehead atoms. The fourth-order valence-corrected chi connectivity index (χ4v) is 1.61. The Bertz CT molecular complexity index is 557. The van der Waals surface area contributed by atoms with Crippen LogP contribution in [0.5, 0.6) is 5.75 Å². The van der Waals surface area contributed by atoms with Crippen LogP contribution in [0.15, 0.2) is 24.5 Å². The van der Waals surface area contributed by atoms with E-state index in [0.717, 1.165) is 6.42 Å². The van der Waals surface area contributed by atoms with Gasteiger partial charge in [0.2, 0.25) is 5.82 Å². The van der Waals surface area contributed by atoms with E-state index in [4.69, 9.17) is 16.3 Å². The van der Waals surface area contributed by atoms with E-state index in [-0.39, 0.29) is 5.82 Å². The van der Waals surface area contributed by atoms with Gasteiger partial charge in [-0.1, -0.05) is 18.5 Å². The van der Waals surface area contributed by atoms with Gasteiger partial charge in [-0.25, -0.2) is 4.98 Å². The molecule has 1 amide bonds. The normalized spacial score (nSPS) is 10.2. The van der Waals surface area contributed by atoms with Crippen molar-refractivity contribution in [1.82, 2.24) is 15.2 Å². The molecular weight excluding hydrogens is 268 g/mol. The Morgan fingerprint density at radius 1 is 1.53 bits per heavy atom. The number of nitrogens with one attached hydrogen (secondary N) is 2. The molecule has 2 N–H and O–H groups in total. The monoisotopic (exact) mass is 280 g/mol. The minimum absolute atomic E-state index is 0.126. The minimum Gasteiger partial charge on any atom is -0.491 e. The van der Waals surface area contributed by atoms with Crippen LogP contribution in [0.2, 0.25) is 5.02 Å². The predicted molar refractivity (Wildman–Crippen MR) is 71.6 cm³/mol. The van der Waals surface area contributed by atoms with Crippen molar-refractivity contribution in [3.63, 3.8) is 0 Å². The van der Waals surface area contributed by atoms with Crippen molar-refractivity contribution in [3.05, 3.63) is 35.4 Å². The van der Waals surface area contributed by atoms with Crippen LogP contribution < -0.4 is 10.1 Å². The quantitative estimate of drug-likeness (QED) is 0.882. The van der Waals surface area contributed by atoms with Crippen LogP contribution in [0.3, 0.4) is 0 Å². The Labute approximate surface area is 115 Å². The van der Waals surface area contributed by atoms with Crippen molar-refractivity contribution >= 4 is 23.2 Å². The summed E-state index contributed by atoms with van der Waals surface area (Å²) < 4.78 is 5.54. The molecule has 0 fully saturated rings. The number of amides is 1. The largest absolute Gasteiger partial charge is 0.491 e. The first-order valence-electron chi connectivity index (χ1n) is 5.79. The van der Waals surface area contributed by atoms with Crippen molar-refractivity contribution in [3.8, 4) is 5.75 Å². The standard InChI is InChI=1S/C12H13ClN4O2/c1-2-5-19-10-4-3-8(13)6-9(10)16-12(18)11-14-7-15-17-11/h3-4,6-7H,2,5H2,1H3,(H,16,18)(H,14,15,17). The zero-order valence-electron chi connectivity index (χ0n) is 10.3. The fourth-order valence-electron chi connectivity index (χ4n) is 1.43. The van der Waals surface area contributed by atoms with Crippen LogP contribution in [-0.4, -0.2) is 27.7 Å². The lowest BCUT2D eigenvalue weighted by molar-refractivity contribution is 0.101. The number of hydrogen-bond acceptors (Lipinski definition) is 4. The predicted octanol–water partition coefficient (Wildman–Crippen LogP) is 2.50. The van der Waals surface area contributed by atoms with Gasteiger partial charge in [-0.3, -0.25) is 9.89 Å². The number of rotatable bonds is 5. The number of aromatic amines is 1. The SMILES string of the molecule is CCCOc1ccc(Cl)cc1NC(=O)c1ncn[nH]1. The number of aromatic nitrogens is 3. The number of benzene rings is 1. The molecule has 2 rings (SSSR count). The summed E-state index contributed by atoms with van der Waals surface area (Å²) in [6.45, 7) is 2.56. The first-order chi connectivity index (χ1) is 9.20. The average Bonchev–Trinajstić information content (AvgIpc) is 2.92. The van der Waals surface area contributed by atoms with Crippen LogP contribution in [0.1, 0.15) is 24.0 Å². The topological polar surface area (TPSA) is 79.9 Å². The first kappa shape index (κ1) is 13.4. The summed E-state index contributed by atoms with van der Waals surface area (Å²) >= 11 is 5.92. The van der Waals surface area contributed by atoms with E-state index in [9.17, 15) is 4.79 Å². The number of H-pyrrole nitrogens is 1. The van der Waals surface area contributed by atoms with E-state index in [2.05, 4.69) is 20.5 Å². The number of nitrogens with zero attached hydrogens (tertiary/aromatic N) is 2. The second kappa shape index (κ2) is 6.19. The fraction of sp³-hybridized carbons (Fsp3) is 0.250. The summed E-state index contributed by atoms with van der Waals surface area (Å²) in [4.78, 5) is 15.6. The summed E-state index contributed by atoms with van der Waals surface area (Å²) in [6.07, 6.45) is 2.14. The lowest BCUT2D eigenvalue weighted by Gasteiger charge is -2.11. The molecule has 0 aliphatic heterocycles. The summed E-state index contributed by atoms with van der Waals surface area (Å²) in [6, 6.07) is 5.05. The highest BCUT2D eigenvalue weighted by atomic mass is 35.5. The summed E-state index contributed by atoms with van der Waals surface area (Å²) in [7, 11) is 0. The van der Waals surface area contributed by atoms with Crippen molar-refractivity contribution in [1.29, 1.82) is 0 Å². The van der Waals surface area contributed by atoms with Crippen LogP contribution in [0.4, 0.5) is 5.69 Å². The van der Waals surface area contributed by atoms with Gasteiger partial charge in [0.25, 0.3) is 5.91 Å².